The second kappa shape index (κ2) is 10.6. The zero-order chi connectivity index (χ0) is 25.1. The highest BCUT2D eigenvalue weighted by molar-refractivity contribution is 7.93. The highest BCUT2D eigenvalue weighted by Crippen LogP contribution is 2.41. The van der Waals surface area contributed by atoms with Gasteiger partial charge in [0.2, 0.25) is 5.88 Å². The molecular formula is C28H28N2O5S. The van der Waals surface area contributed by atoms with Gasteiger partial charge in [0, 0.05) is 30.0 Å². The second-order valence-electron chi connectivity index (χ2n) is 8.61. The standard InChI is InChI=1S/C28H28N2O5S/c1-3-33-15-16-34-28-14-12-21(18(2)29-28)22-5-4-6-24-23(22)11-13-25(24)35-20-9-7-19(8-10-20)26-17-27(31)30-36(26)32/h4-10,12,14,17,25H,3,11,13,15-16H2,1-2H3,(H,30,31)/t25-,36?/m1/s1. The van der Waals surface area contributed by atoms with E-state index >= 15 is 0 Å². The zero-order valence-electron chi connectivity index (χ0n) is 20.3. The van der Waals surface area contributed by atoms with Crippen molar-refractivity contribution in [1.29, 1.82) is 0 Å². The van der Waals surface area contributed by atoms with E-state index in [9.17, 15) is 9.00 Å². The number of ether oxygens (including phenoxy) is 3. The molecule has 5 rings (SSSR count). The molecule has 3 aromatic rings. The van der Waals surface area contributed by atoms with Gasteiger partial charge in [-0.1, -0.05) is 30.3 Å². The van der Waals surface area contributed by atoms with Gasteiger partial charge in [-0.25, -0.2) is 9.19 Å². The topological polar surface area (TPSA) is 86.8 Å². The van der Waals surface area contributed by atoms with Gasteiger partial charge in [0.05, 0.1) is 11.5 Å². The predicted octanol–water partition coefficient (Wildman–Crippen LogP) is 4.67. The van der Waals surface area contributed by atoms with Gasteiger partial charge in [-0.2, -0.15) is 0 Å². The molecule has 7 nitrogen and oxygen atoms in total. The van der Waals surface area contributed by atoms with Crippen LogP contribution < -0.4 is 14.2 Å². The summed E-state index contributed by atoms with van der Waals surface area (Å²) in [7, 11) is -1.51. The molecule has 2 aromatic carbocycles. The molecule has 36 heavy (non-hydrogen) atoms. The van der Waals surface area contributed by atoms with E-state index in [0.29, 0.717) is 30.6 Å². The Hall–Kier alpha value is -3.49. The summed E-state index contributed by atoms with van der Waals surface area (Å²) in [5.74, 6) is 0.999. The molecule has 2 aliphatic rings. The number of pyridine rings is 1. The van der Waals surface area contributed by atoms with E-state index in [1.807, 2.05) is 44.2 Å². The molecule has 1 unspecified atom stereocenters. The predicted molar refractivity (Wildman–Crippen MR) is 139 cm³/mol. The minimum Gasteiger partial charge on any atom is -0.486 e. The van der Waals surface area contributed by atoms with Crippen molar-refractivity contribution >= 4 is 21.8 Å². The van der Waals surface area contributed by atoms with E-state index < -0.39 is 11.0 Å². The van der Waals surface area contributed by atoms with Crippen molar-refractivity contribution in [3.05, 3.63) is 83.1 Å². The van der Waals surface area contributed by atoms with Crippen LogP contribution in [-0.2, 0) is 26.9 Å². The first-order chi connectivity index (χ1) is 17.5. The second-order valence-corrected chi connectivity index (χ2v) is 9.80. The molecule has 1 amide bonds. The van der Waals surface area contributed by atoms with Gasteiger partial charge in [-0.05, 0) is 67.1 Å². The van der Waals surface area contributed by atoms with Gasteiger partial charge in [0.15, 0.2) is 11.0 Å². The number of aromatic nitrogens is 1. The molecule has 0 saturated carbocycles. The zero-order valence-corrected chi connectivity index (χ0v) is 21.1. The lowest BCUT2D eigenvalue weighted by Crippen LogP contribution is -2.16. The Balaban J connectivity index is 1.31. The maximum absolute atomic E-state index is 12.0. The first kappa shape index (κ1) is 24.2. The number of hydrogen-bond donors (Lipinski definition) is 1. The van der Waals surface area contributed by atoms with E-state index in [0.717, 1.165) is 35.4 Å². The van der Waals surface area contributed by atoms with Crippen molar-refractivity contribution in [2.75, 3.05) is 19.8 Å². The molecule has 1 aliphatic heterocycles. The summed E-state index contributed by atoms with van der Waals surface area (Å²) in [5.41, 5.74) is 6.39. The molecule has 0 fully saturated rings. The van der Waals surface area contributed by atoms with Gasteiger partial charge in [0.1, 0.15) is 18.5 Å². The van der Waals surface area contributed by atoms with Gasteiger partial charge in [-0.15, -0.1) is 0 Å². The van der Waals surface area contributed by atoms with Gasteiger partial charge >= 0.3 is 0 Å². The third-order valence-corrected chi connectivity index (χ3v) is 7.46. The molecule has 0 saturated heterocycles. The number of hydrogen-bond acceptors (Lipinski definition) is 6. The Bertz CT molecular complexity index is 1340. The van der Waals surface area contributed by atoms with E-state index in [2.05, 4.69) is 34.0 Å². The van der Waals surface area contributed by atoms with Crippen LogP contribution in [0, 0.1) is 6.92 Å². The van der Waals surface area contributed by atoms with Gasteiger partial charge < -0.3 is 14.2 Å². The van der Waals surface area contributed by atoms with Crippen LogP contribution in [0.25, 0.3) is 16.0 Å². The number of nitrogens with zero attached hydrogens (tertiary/aromatic N) is 1. The highest BCUT2D eigenvalue weighted by atomic mass is 32.2. The Kier molecular flexibility index (Phi) is 7.16. The SMILES string of the molecule is CCOCCOc1ccc(-c2cccc3c2CC[C@H]3Oc2ccc(C3=CC(=O)NS3=O)cc2)c(C)n1. The number of carbonyl (C=O) groups excluding carboxylic acids is 1. The Morgan fingerprint density at radius 3 is 2.61 bits per heavy atom. The van der Waals surface area contributed by atoms with E-state index in [-0.39, 0.29) is 12.0 Å². The van der Waals surface area contributed by atoms with E-state index in [1.165, 1.54) is 22.8 Å². The number of nitrogens with one attached hydrogen (secondary N) is 1. The summed E-state index contributed by atoms with van der Waals surface area (Å²) in [4.78, 5) is 16.6. The van der Waals surface area contributed by atoms with Crippen LogP contribution in [-0.4, -0.2) is 34.9 Å². The third-order valence-electron chi connectivity index (χ3n) is 6.32. The normalized spacial score (nSPS) is 18.5. The summed E-state index contributed by atoms with van der Waals surface area (Å²) in [5, 5.41) is 0. The lowest BCUT2D eigenvalue weighted by molar-refractivity contribution is -0.114. The first-order valence-corrected chi connectivity index (χ1v) is 13.2. The largest absolute Gasteiger partial charge is 0.486 e. The number of amides is 1. The fourth-order valence-corrected chi connectivity index (χ4v) is 5.56. The number of rotatable bonds is 9. The van der Waals surface area contributed by atoms with E-state index in [1.54, 1.807) is 0 Å². The Labute approximate surface area is 213 Å². The van der Waals surface area contributed by atoms with Crippen LogP contribution in [0.15, 0.2) is 60.7 Å². The molecule has 2 heterocycles. The maximum atomic E-state index is 12.0. The molecule has 8 heteroatoms. The molecule has 1 aliphatic carbocycles. The van der Waals surface area contributed by atoms with Crippen LogP contribution in [0.1, 0.15) is 41.8 Å². The molecular weight excluding hydrogens is 476 g/mol. The quantitative estimate of drug-likeness (QED) is 0.426. The summed E-state index contributed by atoms with van der Waals surface area (Å²) >= 11 is 0. The van der Waals surface area contributed by atoms with Crippen molar-refractivity contribution in [2.45, 2.75) is 32.8 Å². The molecule has 2 atom stereocenters. The number of benzene rings is 2. The molecule has 1 aromatic heterocycles. The lowest BCUT2D eigenvalue weighted by atomic mass is 9.96. The summed E-state index contributed by atoms with van der Waals surface area (Å²) in [6, 6.07) is 17.7. The minimum atomic E-state index is -1.51. The van der Waals surface area contributed by atoms with E-state index in [4.69, 9.17) is 14.2 Å². The molecule has 186 valence electrons. The van der Waals surface area contributed by atoms with Gasteiger partial charge in [-0.3, -0.25) is 9.52 Å². The highest BCUT2D eigenvalue weighted by Gasteiger charge is 2.27. The van der Waals surface area contributed by atoms with Crippen LogP contribution in [0.3, 0.4) is 0 Å². The summed E-state index contributed by atoms with van der Waals surface area (Å²) in [6.45, 7) is 5.66. The smallest absolute Gasteiger partial charge is 0.257 e. The van der Waals surface area contributed by atoms with Crippen molar-refractivity contribution in [3.8, 4) is 22.8 Å². The fourth-order valence-electron chi connectivity index (χ4n) is 4.64. The fraction of sp³-hybridized carbons (Fsp3) is 0.286. The molecule has 0 bridgehead atoms. The van der Waals surface area contributed by atoms with Crippen molar-refractivity contribution in [2.24, 2.45) is 0 Å². The van der Waals surface area contributed by atoms with Crippen molar-refractivity contribution < 1.29 is 23.2 Å². The molecule has 0 radical (unpaired) electrons. The monoisotopic (exact) mass is 504 g/mol. The first-order valence-electron chi connectivity index (χ1n) is 12.0. The van der Waals surface area contributed by atoms with Crippen LogP contribution >= 0.6 is 0 Å². The van der Waals surface area contributed by atoms with Crippen molar-refractivity contribution in [1.82, 2.24) is 9.71 Å². The average molecular weight is 505 g/mol. The average Bonchev–Trinajstić information content (AvgIpc) is 3.44. The summed E-state index contributed by atoms with van der Waals surface area (Å²) < 4.78 is 31.8. The Morgan fingerprint density at radius 2 is 1.89 bits per heavy atom. The molecule has 0 spiro atoms. The minimum absolute atomic E-state index is 0.0525. The summed E-state index contributed by atoms with van der Waals surface area (Å²) in [6.07, 6.45) is 3.12. The maximum Gasteiger partial charge on any atom is 0.257 e. The van der Waals surface area contributed by atoms with Crippen LogP contribution in [0.4, 0.5) is 0 Å². The van der Waals surface area contributed by atoms with Gasteiger partial charge in [0.25, 0.3) is 5.91 Å². The lowest BCUT2D eigenvalue weighted by Gasteiger charge is -2.17. The van der Waals surface area contributed by atoms with Crippen LogP contribution in [0.2, 0.25) is 0 Å². The number of aryl methyl sites for hydroxylation is 1. The van der Waals surface area contributed by atoms with Crippen molar-refractivity contribution in [3.63, 3.8) is 0 Å². The third kappa shape index (κ3) is 5.05. The number of carbonyl (C=O) groups is 1. The Morgan fingerprint density at radius 1 is 1.06 bits per heavy atom. The number of fused-ring (bicyclic) bond motifs is 1. The van der Waals surface area contributed by atoms with Crippen LogP contribution in [0.5, 0.6) is 11.6 Å². The molecule has 1 N–H and O–H groups in total.